The molecule has 2 aromatic heterocycles. The first-order valence-corrected chi connectivity index (χ1v) is 10.7. The van der Waals surface area contributed by atoms with Gasteiger partial charge in [-0.2, -0.15) is 0 Å². The number of halogens is 2. The van der Waals surface area contributed by atoms with Gasteiger partial charge in [-0.15, -0.1) is 0 Å². The van der Waals surface area contributed by atoms with Crippen molar-refractivity contribution in [2.24, 2.45) is 0 Å². The Morgan fingerprint density at radius 3 is 2.91 bits per heavy atom. The van der Waals surface area contributed by atoms with Crippen LogP contribution in [0.5, 0.6) is 0 Å². The lowest BCUT2D eigenvalue weighted by Crippen LogP contribution is -2.45. The molecule has 0 fully saturated rings. The van der Waals surface area contributed by atoms with Gasteiger partial charge in [-0.25, -0.2) is 19.2 Å². The second-order valence-electron chi connectivity index (χ2n) is 7.77. The smallest absolute Gasteiger partial charge is 0.318 e. The highest BCUT2D eigenvalue weighted by Crippen LogP contribution is 2.22. The van der Waals surface area contributed by atoms with Crippen molar-refractivity contribution in [2.45, 2.75) is 32.4 Å². The molecule has 0 unspecified atom stereocenters. The van der Waals surface area contributed by atoms with Crippen LogP contribution in [0.25, 0.3) is 0 Å². The van der Waals surface area contributed by atoms with Crippen molar-refractivity contribution in [3.8, 4) is 0 Å². The Bertz CT molecular complexity index is 1140. The highest BCUT2D eigenvalue weighted by molar-refractivity contribution is 6.30. The lowest BCUT2D eigenvalue weighted by molar-refractivity contribution is 0.176. The molecule has 1 atom stereocenters. The Labute approximate surface area is 190 Å². The summed E-state index contributed by atoms with van der Waals surface area (Å²) >= 11 is 5.84. The summed E-state index contributed by atoms with van der Waals surface area (Å²) in [5.41, 5.74) is 4.37. The van der Waals surface area contributed by atoms with Crippen molar-refractivity contribution in [3.63, 3.8) is 0 Å². The summed E-state index contributed by atoms with van der Waals surface area (Å²) in [5, 5.41) is 12.5. The fraction of sp³-hybridized carbons (Fsp3) is 0.304. The number of nitrogens with zero attached hydrogens (tertiary/aromatic N) is 4. The normalized spacial score (nSPS) is 14.1. The number of pyridine rings is 1. The molecule has 7 nitrogen and oxygen atoms in total. The third-order valence-corrected chi connectivity index (χ3v) is 5.72. The number of urea groups is 1. The summed E-state index contributed by atoms with van der Waals surface area (Å²) in [6.07, 6.45) is 4.82. The van der Waals surface area contributed by atoms with Crippen LogP contribution in [0.1, 0.15) is 39.9 Å². The van der Waals surface area contributed by atoms with Gasteiger partial charge in [-0.05, 0) is 54.3 Å². The second-order valence-corrected chi connectivity index (χ2v) is 8.18. The third kappa shape index (κ3) is 5.03. The van der Waals surface area contributed by atoms with Crippen molar-refractivity contribution < 1.29 is 14.3 Å². The maximum Gasteiger partial charge on any atom is 0.318 e. The number of rotatable bonds is 5. The number of hydrogen-bond acceptors (Lipinski definition) is 5. The fourth-order valence-electron chi connectivity index (χ4n) is 3.70. The molecule has 0 spiro atoms. The van der Waals surface area contributed by atoms with Gasteiger partial charge in [-0.3, -0.25) is 4.98 Å². The summed E-state index contributed by atoms with van der Waals surface area (Å²) in [7, 11) is 0. The van der Waals surface area contributed by atoms with Crippen LogP contribution in [-0.2, 0) is 19.4 Å². The van der Waals surface area contributed by atoms with Crippen molar-refractivity contribution in [1.82, 2.24) is 25.2 Å². The second kappa shape index (κ2) is 9.58. The fourth-order valence-corrected chi connectivity index (χ4v) is 3.89. The van der Waals surface area contributed by atoms with Gasteiger partial charge in [-0.1, -0.05) is 17.7 Å². The number of carbonyl (C=O) groups is 1. The number of nitrogens with one attached hydrogen (secondary N) is 1. The van der Waals surface area contributed by atoms with Gasteiger partial charge in [0.15, 0.2) is 0 Å². The lowest BCUT2D eigenvalue weighted by Gasteiger charge is -2.30. The molecule has 32 heavy (non-hydrogen) atoms. The first-order valence-electron chi connectivity index (χ1n) is 10.3. The number of carbonyl (C=O) groups excluding carboxylic acids is 1. The Kier molecular flexibility index (Phi) is 6.62. The van der Waals surface area contributed by atoms with E-state index in [0.29, 0.717) is 37.3 Å². The lowest BCUT2D eigenvalue weighted by atomic mass is 10.1. The molecule has 0 aliphatic carbocycles. The Morgan fingerprint density at radius 2 is 2.16 bits per heavy atom. The molecule has 0 saturated carbocycles. The molecule has 0 radical (unpaired) electrons. The molecule has 3 aromatic rings. The summed E-state index contributed by atoms with van der Waals surface area (Å²) in [6.45, 7) is 2.45. The van der Waals surface area contributed by atoms with Gasteiger partial charge in [0.1, 0.15) is 11.6 Å². The third-order valence-electron chi connectivity index (χ3n) is 5.43. The predicted molar refractivity (Wildman–Crippen MR) is 118 cm³/mol. The molecule has 0 bridgehead atoms. The number of aryl methyl sites for hydroxylation is 1. The molecule has 4 rings (SSSR count). The zero-order chi connectivity index (χ0) is 22.7. The van der Waals surface area contributed by atoms with Crippen molar-refractivity contribution in [3.05, 3.63) is 87.5 Å². The largest absolute Gasteiger partial charge is 0.394 e. The van der Waals surface area contributed by atoms with E-state index in [0.717, 1.165) is 22.5 Å². The summed E-state index contributed by atoms with van der Waals surface area (Å²) < 4.78 is 13.4. The van der Waals surface area contributed by atoms with Gasteiger partial charge in [0, 0.05) is 31.1 Å². The van der Waals surface area contributed by atoms with Gasteiger partial charge < -0.3 is 15.3 Å². The number of benzene rings is 1. The van der Waals surface area contributed by atoms with Crippen LogP contribution in [0.4, 0.5) is 9.18 Å². The van der Waals surface area contributed by atoms with E-state index in [2.05, 4.69) is 20.3 Å². The molecule has 1 aliphatic heterocycles. The summed E-state index contributed by atoms with van der Waals surface area (Å²) in [4.78, 5) is 27.9. The maximum absolute atomic E-state index is 13.4. The van der Waals surface area contributed by atoms with Gasteiger partial charge >= 0.3 is 6.03 Å². The highest BCUT2D eigenvalue weighted by Gasteiger charge is 2.25. The van der Waals surface area contributed by atoms with Crippen LogP contribution >= 0.6 is 11.6 Å². The number of aliphatic hydroxyl groups is 1. The average Bonchev–Trinajstić information content (AvgIpc) is 2.78. The van der Waals surface area contributed by atoms with E-state index in [9.17, 15) is 14.3 Å². The van der Waals surface area contributed by atoms with E-state index >= 15 is 0 Å². The van der Waals surface area contributed by atoms with E-state index in [-0.39, 0.29) is 17.7 Å². The van der Waals surface area contributed by atoms with Crippen LogP contribution in [0.3, 0.4) is 0 Å². The molecule has 3 heterocycles. The topological polar surface area (TPSA) is 91.2 Å². The van der Waals surface area contributed by atoms with E-state index in [1.807, 2.05) is 25.3 Å². The number of fused-ring (bicyclic) bond motifs is 1. The monoisotopic (exact) mass is 455 g/mol. The zero-order valence-corrected chi connectivity index (χ0v) is 18.3. The summed E-state index contributed by atoms with van der Waals surface area (Å²) in [5.74, 6) is 0.134. The molecule has 9 heteroatoms. The average molecular weight is 456 g/mol. The first-order chi connectivity index (χ1) is 15.4. The molecule has 2 amide bonds. The molecule has 2 N–H and O–H groups in total. The quantitative estimate of drug-likeness (QED) is 0.615. The van der Waals surface area contributed by atoms with Gasteiger partial charge in [0.25, 0.3) is 0 Å². The number of amides is 2. The number of aliphatic hydroxyl groups excluding tert-OH is 1. The zero-order valence-electron chi connectivity index (χ0n) is 17.6. The van der Waals surface area contributed by atoms with Crippen LogP contribution in [-0.4, -0.2) is 44.1 Å². The molecule has 166 valence electrons. The number of hydrogen-bond donors (Lipinski definition) is 2. The van der Waals surface area contributed by atoms with Crippen LogP contribution in [0, 0.1) is 12.7 Å². The van der Waals surface area contributed by atoms with E-state index in [1.165, 1.54) is 18.2 Å². The predicted octanol–water partition coefficient (Wildman–Crippen LogP) is 3.36. The molecule has 1 aliphatic rings. The standard InChI is InChI=1S/C23H23ClFN5O2/c1-14-8-15(4-6-26-14)9-22-27-11-17-5-7-30(12-20(17)28-22)23(32)29-21(13-31)16-2-3-19(25)18(24)10-16/h2-4,6,8,10-11,21,31H,5,7,9,12-13H2,1H3,(H,29,32)/t21-/m1/s1. The molecular weight excluding hydrogens is 433 g/mol. The van der Waals surface area contributed by atoms with E-state index in [1.54, 1.807) is 11.1 Å². The Hall–Kier alpha value is -3.10. The summed E-state index contributed by atoms with van der Waals surface area (Å²) in [6, 6.07) is 7.02. The highest BCUT2D eigenvalue weighted by atomic mass is 35.5. The van der Waals surface area contributed by atoms with Crippen LogP contribution < -0.4 is 5.32 Å². The number of aromatic nitrogens is 3. The molecule has 0 saturated heterocycles. The van der Waals surface area contributed by atoms with Crippen molar-refractivity contribution in [2.75, 3.05) is 13.2 Å². The van der Waals surface area contributed by atoms with Crippen LogP contribution in [0.2, 0.25) is 5.02 Å². The minimum atomic E-state index is -0.696. The molecular formula is C23H23ClFN5O2. The Balaban J connectivity index is 1.45. The van der Waals surface area contributed by atoms with Crippen molar-refractivity contribution in [1.29, 1.82) is 0 Å². The minimum absolute atomic E-state index is 0.0595. The maximum atomic E-state index is 13.4. The van der Waals surface area contributed by atoms with Gasteiger partial charge in [0.05, 0.1) is 29.9 Å². The first kappa shape index (κ1) is 22.1. The van der Waals surface area contributed by atoms with Gasteiger partial charge in [0.2, 0.25) is 0 Å². The van der Waals surface area contributed by atoms with E-state index in [4.69, 9.17) is 11.6 Å². The van der Waals surface area contributed by atoms with Crippen molar-refractivity contribution >= 4 is 17.6 Å². The molecule has 1 aromatic carbocycles. The van der Waals surface area contributed by atoms with Crippen LogP contribution in [0.15, 0.2) is 42.7 Å². The Morgan fingerprint density at radius 1 is 1.31 bits per heavy atom. The van der Waals surface area contributed by atoms with E-state index < -0.39 is 11.9 Å². The SMILES string of the molecule is Cc1cc(Cc2ncc3c(n2)CN(C(=O)N[C@H](CO)c2ccc(F)c(Cl)c2)CC3)ccn1. The minimum Gasteiger partial charge on any atom is -0.394 e.